The summed E-state index contributed by atoms with van der Waals surface area (Å²) in [4.78, 5) is 24.1. The van der Waals surface area contributed by atoms with Gasteiger partial charge in [0.25, 0.3) is 0 Å². The van der Waals surface area contributed by atoms with Crippen LogP contribution in [0.5, 0.6) is 0 Å². The standard InChI is InChI=1S/C17H13BrO2/c1-12(19)16(11-13-6-5-9-15(18)10-13)17(20)14-7-3-2-4-8-14/h2-11H,1H3/b16-11+. The third kappa shape index (κ3) is 3.52. The highest BCUT2D eigenvalue weighted by Gasteiger charge is 2.16. The first-order valence-electron chi connectivity index (χ1n) is 6.16. The quantitative estimate of drug-likeness (QED) is 0.363. The molecule has 3 heteroatoms. The topological polar surface area (TPSA) is 34.1 Å². The first kappa shape index (κ1) is 14.4. The Morgan fingerprint density at radius 2 is 1.70 bits per heavy atom. The highest BCUT2D eigenvalue weighted by Crippen LogP contribution is 2.17. The van der Waals surface area contributed by atoms with Crippen LogP contribution in [-0.2, 0) is 4.79 Å². The summed E-state index contributed by atoms with van der Waals surface area (Å²) in [5.41, 5.74) is 1.52. The molecular formula is C17H13BrO2. The Morgan fingerprint density at radius 3 is 2.30 bits per heavy atom. The highest BCUT2D eigenvalue weighted by atomic mass is 79.9. The van der Waals surface area contributed by atoms with Crippen LogP contribution < -0.4 is 0 Å². The summed E-state index contributed by atoms with van der Waals surface area (Å²) >= 11 is 3.37. The fourth-order valence-electron chi connectivity index (χ4n) is 1.84. The van der Waals surface area contributed by atoms with Gasteiger partial charge in [-0.25, -0.2) is 0 Å². The van der Waals surface area contributed by atoms with Crippen LogP contribution in [0.2, 0.25) is 0 Å². The Kier molecular flexibility index (Phi) is 4.64. The van der Waals surface area contributed by atoms with Crippen molar-refractivity contribution in [2.45, 2.75) is 6.92 Å². The second-order valence-corrected chi connectivity index (χ2v) is 5.28. The molecule has 100 valence electrons. The van der Waals surface area contributed by atoms with Gasteiger partial charge in [-0.15, -0.1) is 0 Å². The van der Waals surface area contributed by atoms with Gasteiger partial charge in [-0.3, -0.25) is 9.59 Å². The number of Topliss-reactive ketones (excluding diaryl/α,β-unsaturated/α-hetero) is 2. The van der Waals surface area contributed by atoms with E-state index in [0.717, 1.165) is 10.0 Å². The van der Waals surface area contributed by atoms with Gasteiger partial charge in [-0.1, -0.05) is 58.4 Å². The normalized spacial score (nSPS) is 11.2. The van der Waals surface area contributed by atoms with Gasteiger partial charge < -0.3 is 0 Å². The molecule has 0 atom stereocenters. The van der Waals surface area contributed by atoms with Crippen LogP contribution in [0.4, 0.5) is 0 Å². The molecule has 0 aliphatic heterocycles. The lowest BCUT2D eigenvalue weighted by atomic mass is 9.98. The molecule has 0 amide bonds. The van der Waals surface area contributed by atoms with E-state index in [2.05, 4.69) is 15.9 Å². The average Bonchev–Trinajstić information content (AvgIpc) is 2.45. The fraction of sp³-hybridized carbons (Fsp3) is 0.0588. The number of carbonyl (C=O) groups excluding carboxylic acids is 2. The molecule has 0 bridgehead atoms. The first-order valence-corrected chi connectivity index (χ1v) is 6.95. The smallest absolute Gasteiger partial charge is 0.196 e. The Balaban J connectivity index is 2.42. The predicted molar refractivity (Wildman–Crippen MR) is 83.6 cm³/mol. The van der Waals surface area contributed by atoms with E-state index in [1.807, 2.05) is 30.3 Å². The number of benzene rings is 2. The number of rotatable bonds is 4. The van der Waals surface area contributed by atoms with Gasteiger partial charge in [0.2, 0.25) is 0 Å². The summed E-state index contributed by atoms with van der Waals surface area (Å²) in [6.45, 7) is 1.41. The Morgan fingerprint density at radius 1 is 1.00 bits per heavy atom. The summed E-state index contributed by atoms with van der Waals surface area (Å²) < 4.78 is 0.904. The molecule has 0 heterocycles. The van der Waals surface area contributed by atoms with Gasteiger partial charge in [0.05, 0.1) is 5.57 Å². The minimum absolute atomic E-state index is 0.189. The van der Waals surface area contributed by atoms with Crippen molar-refractivity contribution >= 4 is 33.6 Å². The first-order chi connectivity index (χ1) is 9.58. The molecule has 0 fully saturated rings. The molecule has 0 saturated carbocycles. The number of hydrogen-bond acceptors (Lipinski definition) is 2. The van der Waals surface area contributed by atoms with Crippen LogP contribution >= 0.6 is 15.9 Å². The summed E-state index contributed by atoms with van der Waals surface area (Å²) in [6.07, 6.45) is 1.63. The van der Waals surface area contributed by atoms with Crippen LogP contribution in [0.1, 0.15) is 22.8 Å². The van der Waals surface area contributed by atoms with Gasteiger partial charge in [-0.2, -0.15) is 0 Å². The third-order valence-electron chi connectivity index (χ3n) is 2.82. The Bertz CT molecular complexity index is 672. The molecule has 20 heavy (non-hydrogen) atoms. The molecule has 2 aromatic carbocycles. The van der Waals surface area contributed by atoms with E-state index >= 15 is 0 Å². The molecule has 0 aromatic heterocycles. The summed E-state index contributed by atoms with van der Waals surface area (Å²) in [5.74, 6) is -0.489. The lowest BCUT2D eigenvalue weighted by Gasteiger charge is -2.04. The molecule has 2 aromatic rings. The monoisotopic (exact) mass is 328 g/mol. The zero-order chi connectivity index (χ0) is 14.5. The summed E-state index contributed by atoms with van der Waals surface area (Å²) in [6, 6.07) is 16.3. The zero-order valence-corrected chi connectivity index (χ0v) is 12.6. The van der Waals surface area contributed by atoms with Crippen molar-refractivity contribution in [2.75, 3.05) is 0 Å². The Labute approximate surface area is 126 Å². The van der Waals surface area contributed by atoms with Crippen LogP contribution in [-0.4, -0.2) is 11.6 Å². The lowest BCUT2D eigenvalue weighted by molar-refractivity contribution is -0.113. The highest BCUT2D eigenvalue weighted by molar-refractivity contribution is 9.10. The molecule has 2 nitrogen and oxygen atoms in total. The molecule has 0 saturated heterocycles. The van der Waals surface area contributed by atoms with Gasteiger partial charge in [-0.05, 0) is 30.7 Å². The van der Waals surface area contributed by atoms with E-state index in [1.165, 1.54) is 6.92 Å². The molecule has 2 rings (SSSR count). The maximum atomic E-state index is 12.4. The lowest BCUT2D eigenvalue weighted by Crippen LogP contribution is -2.10. The number of allylic oxidation sites excluding steroid dienone is 1. The summed E-state index contributed by atoms with van der Waals surface area (Å²) in [5, 5.41) is 0. The second-order valence-electron chi connectivity index (χ2n) is 4.36. The van der Waals surface area contributed by atoms with Gasteiger partial charge in [0.1, 0.15) is 0 Å². The largest absolute Gasteiger partial charge is 0.294 e. The molecule has 0 aliphatic rings. The molecule has 0 N–H and O–H groups in total. The van der Waals surface area contributed by atoms with E-state index in [4.69, 9.17) is 0 Å². The van der Waals surface area contributed by atoms with Crippen molar-refractivity contribution in [1.82, 2.24) is 0 Å². The maximum absolute atomic E-state index is 12.4. The molecule has 0 unspecified atom stereocenters. The van der Waals surface area contributed by atoms with Crippen molar-refractivity contribution in [3.05, 3.63) is 75.8 Å². The van der Waals surface area contributed by atoms with Crippen molar-refractivity contribution in [1.29, 1.82) is 0 Å². The summed E-state index contributed by atoms with van der Waals surface area (Å²) in [7, 11) is 0. The van der Waals surface area contributed by atoms with Crippen LogP contribution in [0.25, 0.3) is 6.08 Å². The minimum Gasteiger partial charge on any atom is -0.294 e. The van der Waals surface area contributed by atoms with Gasteiger partial charge >= 0.3 is 0 Å². The average molecular weight is 329 g/mol. The molecule has 0 aliphatic carbocycles. The van der Waals surface area contributed by atoms with E-state index in [9.17, 15) is 9.59 Å². The fourth-order valence-corrected chi connectivity index (χ4v) is 2.25. The molecular weight excluding hydrogens is 316 g/mol. The number of halogens is 1. The molecule has 0 radical (unpaired) electrons. The molecule has 0 spiro atoms. The minimum atomic E-state index is -0.252. The van der Waals surface area contributed by atoms with Crippen molar-refractivity contribution in [2.24, 2.45) is 0 Å². The van der Waals surface area contributed by atoms with Crippen molar-refractivity contribution in [3.8, 4) is 0 Å². The number of carbonyl (C=O) groups is 2. The van der Waals surface area contributed by atoms with Crippen molar-refractivity contribution < 1.29 is 9.59 Å². The zero-order valence-electron chi connectivity index (χ0n) is 11.0. The van der Waals surface area contributed by atoms with Crippen LogP contribution in [0.3, 0.4) is 0 Å². The van der Waals surface area contributed by atoms with E-state index in [-0.39, 0.29) is 17.1 Å². The van der Waals surface area contributed by atoms with Crippen LogP contribution in [0, 0.1) is 0 Å². The van der Waals surface area contributed by atoms with Gasteiger partial charge in [0, 0.05) is 10.0 Å². The predicted octanol–water partition coefficient (Wildman–Crippen LogP) is 4.30. The Hall–Kier alpha value is -2.00. The number of ketones is 2. The SMILES string of the molecule is CC(=O)/C(=C\c1cccc(Br)c1)C(=O)c1ccccc1. The third-order valence-corrected chi connectivity index (χ3v) is 3.31. The van der Waals surface area contributed by atoms with Crippen molar-refractivity contribution in [3.63, 3.8) is 0 Å². The second kappa shape index (κ2) is 6.44. The van der Waals surface area contributed by atoms with Gasteiger partial charge in [0.15, 0.2) is 11.6 Å². The van der Waals surface area contributed by atoms with E-state index in [0.29, 0.717) is 5.56 Å². The number of hydrogen-bond donors (Lipinski definition) is 0. The van der Waals surface area contributed by atoms with E-state index < -0.39 is 0 Å². The maximum Gasteiger partial charge on any atom is 0.196 e. The van der Waals surface area contributed by atoms with E-state index in [1.54, 1.807) is 30.3 Å². The van der Waals surface area contributed by atoms with Crippen LogP contribution in [0.15, 0.2) is 64.6 Å².